The molecule has 102 valence electrons. The van der Waals surface area contributed by atoms with Crippen molar-refractivity contribution in [2.75, 3.05) is 13.6 Å². The molecule has 0 unspecified atom stereocenters. The fraction of sp³-hybridized carbons (Fsp3) is 0.222. The molecule has 0 fully saturated rings. The van der Waals surface area contributed by atoms with E-state index in [0.29, 0.717) is 0 Å². The van der Waals surface area contributed by atoms with Crippen LogP contribution in [0.1, 0.15) is 11.1 Å². The molecule has 1 heterocycles. The molecule has 0 amide bonds. The lowest BCUT2D eigenvalue weighted by atomic mass is 10.0. The monoisotopic (exact) mass is 264 g/mol. The number of aromatic nitrogens is 1. The number of H-pyrrole nitrogens is 1. The van der Waals surface area contributed by atoms with Gasteiger partial charge in [-0.05, 0) is 49.7 Å². The first kappa shape index (κ1) is 12.9. The van der Waals surface area contributed by atoms with Crippen LogP contribution in [0.4, 0.5) is 0 Å². The van der Waals surface area contributed by atoms with E-state index < -0.39 is 0 Å². The zero-order valence-electron chi connectivity index (χ0n) is 12.0. The molecule has 0 bridgehead atoms. The Bertz CT molecular complexity index is 708. The molecule has 0 spiro atoms. The molecular formula is C18H20N2. The summed E-state index contributed by atoms with van der Waals surface area (Å²) >= 11 is 0. The summed E-state index contributed by atoms with van der Waals surface area (Å²) in [4.78, 5) is 3.39. The van der Waals surface area contributed by atoms with Gasteiger partial charge in [0, 0.05) is 17.1 Å². The highest BCUT2D eigenvalue weighted by Crippen LogP contribution is 2.26. The van der Waals surface area contributed by atoms with Crippen molar-refractivity contribution >= 4 is 10.9 Å². The Labute approximate surface area is 119 Å². The summed E-state index contributed by atoms with van der Waals surface area (Å²) in [5, 5.41) is 4.53. The number of aromatic amines is 1. The molecule has 0 aliphatic rings. The van der Waals surface area contributed by atoms with E-state index in [-0.39, 0.29) is 0 Å². The Morgan fingerprint density at radius 1 is 1.00 bits per heavy atom. The average Bonchev–Trinajstić information content (AvgIpc) is 2.88. The van der Waals surface area contributed by atoms with Crippen molar-refractivity contribution in [3.63, 3.8) is 0 Å². The van der Waals surface area contributed by atoms with E-state index in [9.17, 15) is 0 Å². The SMILES string of the molecule is CNCCc1c[nH]c2cc(-c3ccc(C)cc3)ccc12. The number of likely N-dealkylation sites (N-methyl/N-ethyl adjacent to an activating group) is 1. The summed E-state index contributed by atoms with van der Waals surface area (Å²) in [5.74, 6) is 0. The van der Waals surface area contributed by atoms with E-state index in [1.807, 2.05) is 7.05 Å². The Kier molecular flexibility index (Phi) is 3.57. The van der Waals surface area contributed by atoms with Gasteiger partial charge in [0.25, 0.3) is 0 Å². The highest BCUT2D eigenvalue weighted by molar-refractivity contribution is 5.87. The van der Waals surface area contributed by atoms with Crippen LogP contribution in [0.15, 0.2) is 48.7 Å². The molecule has 2 heteroatoms. The third-order valence-corrected chi connectivity index (χ3v) is 3.80. The van der Waals surface area contributed by atoms with Crippen molar-refractivity contribution in [3.05, 3.63) is 59.8 Å². The van der Waals surface area contributed by atoms with Crippen LogP contribution >= 0.6 is 0 Å². The van der Waals surface area contributed by atoms with Crippen molar-refractivity contribution in [1.82, 2.24) is 10.3 Å². The average molecular weight is 264 g/mol. The molecule has 20 heavy (non-hydrogen) atoms. The van der Waals surface area contributed by atoms with E-state index in [0.717, 1.165) is 13.0 Å². The minimum atomic E-state index is 1.01. The maximum atomic E-state index is 3.39. The number of nitrogens with one attached hydrogen (secondary N) is 2. The molecule has 1 aromatic heterocycles. The van der Waals surface area contributed by atoms with Crippen molar-refractivity contribution < 1.29 is 0 Å². The second-order valence-electron chi connectivity index (χ2n) is 5.29. The van der Waals surface area contributed by atoms with Crippen molar-refractivity contribution in [2.24, 2.45) is 0 Å². The summed E-state index contributed by atoms with van der Waals surface area (Å²) in [6, 6.07) is 15.4. The van der Waals surface area contributed by atoms with Gasteiger partial charge in [-0.2, -0.15) is 0 Å². The quantitative estimate of drug-likeness (QED) is 0.734. The molecular weight excluding hydrogens is 244 g/mol. The standard InChI is InChI=1S/C18H20N2/c1-13-3-5-14(6-4-13)15-7-8-17-16(9-10-19-2)12-20-18(17)11-15/h3-8,11-12,19-20H,9-10H2,1-2H3. The lowest BCUT2D eigenvalue weighted by Crippen LogP contribution is -2.09. The van der Waals surface area contributed by atoms with Crippen LogP contribution < -0.4 is 5.32 Å². The van der Waals surface area contributed by atoms with Crippen LogP contribution in [0.2, 0.25) is 0 Å². The van der Waals surface area contributed by atoms with Crippen molar-refractivity contribution in [2.45, 2.75) is 13.3 Å². The lowest BCUT2D eigenvalue weighted by Gasteiger charge is -2.04. The van der Waals surface area contributed by atoms with Gasteiger partial charge in [-0.3, -0.25) is 0 Å². The Morgan fingerprint density at radius 2 is 1.75 bits per heavy atom. The predicted molar refractivity (Wildman–Crippen MR) is 86.1 cm³/mol. The Morgan fingerprint density at radius 3 is 2.50 bits per heavy atom. The summed E-state index contributed by atoms with van der Waals surface area (Å²) in [6.07, 6.45) is 3.18. The number of benzene rings is 2. The van der Waals surface area contributed by atoms with E-state index in [4.69, 9.17) is 0 Å². The zero-order chi connectivity index (χ0) is 13.9. The Balaban J connectivity index is 1.97. The molecule has 0 saturated heterocycles. The van der Waals surface area contributed by atoms with Crippen LogP contribution in [0.25, 0.3) is 22.0 Å². The number of rotatable bonds is 4. The van der Waals surface area contributed by atoms with Crippen molar-refractivity contribution in [3.8, 4) is 11.1 Å². The largest absolute Gasteiger partial charge is 0.361 e. The summed E-state index contributed by atoms with van der Waals surface area (Å²) < 4.78 is 0. The topological polar surface area (TPSA) is 27.8 Å². The second-order valence-corrected chi connectivity index (χ2v) is 5.29. The van der Waals surface area contributed by atoms with Crippen molar-refractivity contribution in [1.29, 1.82) is 0 Å². The number of hydrogen-bond donors (Lipinski definition) is 2. The maximum Gasteiger partial charge on any atom is 0.0463 e. The van der Waals surface area contributed by atoms with Crippen LogP contribution in [-0.4, -0.2) is 18.6 Å². The first-order chi connectivity index (χ1) is 9.78. The van der Waals surface area contributed by atoms with Gasteiger partial charge in [0.1, 0.15) is 0 Å². The molecule has 0 atom stereocenters. The zero-order valence-corrected chi connectivity index (χ0v) is 12.0. The second kappa shape index (κ2) is 5.51. The normalized spacial score (nSPS) is 11.1. The van der Waals surface area contributed by atoms with Gasteiger partial charge in [0.05, 0.1) is 0 Å². The number of fused-ring (bicyclic) bond motifs is 1. The van der Waals surface area contributed by atoms with Gasteiger partial charge >= 0.3 is 0 Å². The smallest absolute Gasteiger partial charge is 0.0463 e. The third kappa shape index (κ3) is 2.47. The highest BCUT2D eigenvalue weighted by atomic mass is 14.8. The minimum Gasteiger partial charge on any atom is -0.361 e. The van der Waals surface area contributed by atoms with E-state index >= 15 is 0 Å². The van der Waals surface area contributed by atoms with Gasteiger partial charge in [-0.1, -0.05) is 42.0 Å². The van der Waals surface area contributed by atoms with E-state index in [2.05, 4.69) is 65.9 Å². The molecule has 0 radical (unpaired) electrons. The molecule has 2 aromatic carbocycles. The molecule has 0 aliphatic heterocycles. The molecule has 3 rings (SSSR count). The molecule has 3 aromatic rings. The van der Waals surface area contributed by atoms with Crippen LogP contribution in [0, 0.1) is 6.92 Å². The van der Waals surface area contributed by atoms with E-state index in [1.54, 1.807) is 0 Å². The summed E-state index contributed by atoms with van der Waals surface area (Å²) in [7, 11) is 1.99. The number of aryl methyl sites for hydroxylation is 1. The van der Waals surface area contributed by atoms with Gasteiger partial charge in [0.2, 0.25) is 0 Å². The lowest BCUT2D eigenvalue weighted by molar-refractivity contribution is 0.795. The maximum absolute atomic E-state index is 3.39. The fourth-order valence-corrected chi connectivity index (χ4v) is 2.58. The van der Waals surface area contributed by atoms with Gasteiger partial charge in [-0.25, -0.2) is 0 Å². The minimum absolute atomic E-state index is 1.01. The fourth-order valence-electron chi connectivity index (χ4n) is 2.58. The first-order valence-electron chi connectivity index (χ1n) is 7.09. The van der Waals surface area contributed by atoms with Crippen LogP contribution in [0.5, 0.6) is 0 Å². The van der Waals surface area contributed by atoms with Gasteiger partial charge < -0.3 is 10.3 Å². The predicted octanol–water partition coefficient (Wildman–Crippen LogP) is 3.91. The van der Waals surface area contributed by atoms with Crippen LogP contribution in [-0.2, 0) is 6.42 Å². The molecule has 0 saturated carbocycles. The summed E-state index contributed by atoms with van der Waals surface area (Å²) in [5.41, 5.74) is 6.42. The summed E-state index contributed by atoms with van der Waals surface area (Å²) in [6.45, 7) is 3.12. The highest BCUT2D eigenvalue weighted by Gasteiger charge is 2.05. The molecule has 2 nitrogen and oxygen atoms in total. The van der Waals surface area contributed by atoms with Crippen LogP contribution in [0.3, 0.4) is 0 Å². The Hall–Kier alpha value is -2.06. The molecule has 0 aliphatic carbocycles. The van der Waals surface area contributed by atoms with Gasteiger partial charge in [0.15, 0.2) is 0 Å². The third-order valence-electron chi connectivity index (χ3n) is 3.80. The molecule has 2 N–H and O–H groups in total. The van der Waals surface area contributed by atoms with E-state index in [1.165, 1.54) is 33.2 Å². The first-order valence-corrected chi connectivity index (χ1v) is 7.09. The number of hydrogen-bond acceptors (Lipinski definition) is 1. The van der Waals surface area contributed by atoms with Gasteiger partial charge in [-0.15, -0.1) is 0 Å².